The molecular weight excluding hydrogens is 227 g/mol. The number of halogens is 2. The van der Waals surface area contributed by atoms with Crippen LogP contribution in [0, 0.1) is 0 Å². The number of hydrogen-bond donors (Lipinski definition) is 0. The highest BCUT2D eigenvalue weighted by Gasteiger charge is 2.03. The zero-order valence-electron chi connectivity index (χ0n) is 8.08. The van der Waals surface area contributed by atoms with Gasteiger partial charge in [-0.05, 0) is 23.3 Å². The molecule has 15 heavy (non-hydrogen) atoms. The molecule has 2 aromatic carbocycles. The van der Waals surface area contributed by atoms with Crippen molar-refractivity contribution in [1.29, 1.82) is 0 Å². The van der Waals surface area contributed by atoms with Crippen molar-refractivity contribution < 1.29 is 0 Å². The smallest absolute Gasteiger partial charge is 0.0484 e. The Morgan fingerprint density at radius 2 is 1.67 bits per heavy atom. The van der Waals surface area contributed by atoms with Gasteiger partial charge in [0, 0.05) is 16.5 Å². The lowest BCUT2D eigenvalue weighted by atomic mass is 10.0. The van der Waals surface area contributed by atoms with Gasteiger partial charge >= 0.3 is 0 Å². The molecule has 0 N–H and O–H groups in total. The van der Waals surface area contributed by atoms with Crippen molar-refractivity contribution >= 4 is 23.2 Å². The second kappa shape index (κ2) is 4.69. The minimum Gasteiger partial charge on any atom is -0.122 e. The fraction of sp³-hybridized carbons (Fsp3) is 0.0769. The average Bonchev–Trinajstić information content (AvgIpc) is 2.31. The van der Waals surface area contributed by atoms with Gasteiger partial charge in [-0.1, -0.05) is 48.0 Å². The van der Waals surface area contributed by atoms with Gasteiger partial charge in [-0.2, -0.15) is 0 Å². The Morgan fingerprint density at radius 3 is 2.33 bits per heavy atom. The van der Waals surface area contributed by atoms with E-state index in [2.05, 4.69) is 0 Å². The summed E-state index contributed by atoms with van der Waals surface area (Å²) in [5.41, 5.74) is 3.24. The fourth-order valence-corrected chi connectivity index (χ4v) is 1.89. The highest BCUT2D eigenvalue weighted by atomic mass is 35.5. The van der Waals surface area contributed by atoms with Crippen LogP contribution in [0.2, 0.25) is 5.02 Å². The molecule has 0 saturated heterocycles. The first-order chi connectivity index (χ1) is 7.31. The molecule has 2 rings (SSSR count). The maximum Gasteiger partial charge on any atom is 0.0484 e. The van der Waals surface area contributed by atoms with Crippen LogP contribution in [-0.2, 0) is 5.88 Å². The molecule has 0 radical (unpaired) electrons. The molecule has 0 aliphatic carbocycles. The summed E-state index contributed by atoms with van der Waals surface area (Å²) in [5, 5.41) is 0.759. The van der Waals surface area contributed by atoms with E-state index in [1.807, 2.05) is 48.5 Å². The van der Waals surface area contributed by atoms with Gasteiger partial charge in [0.25, 0.3) is 0 Å². The van der Waals surface area contributed by atoms with Crippen molar-refractivity contribution in [2.75, 3.05) is 0 Å². The molecule has 0 unspecified atom stereocenters. The number of benzene rings is 2. The van der Waals surface area contributed by atoms with Crippen LogP contribution < -0.4 is 0 Å². The van der Waals surface area contributed by atoms with Gasteiger partial charge in [-0.15, -0.1) is 11.6 Å². The third kappa shape index (κ3) is 2.34. The average molecular weight is 237 g/mol. The molecular formula is C13H10Cl2. The van der Waals surface area contributed by atoms with Crippen molar-refractivity contribution in [3.8, 4) is 11.1 Å². The lowest BCUT2D eigenvalue weighted by Crippen LogP contribution is -1.83. The summed E-state index contributed by atoms with van der Waals surface area (Å²) in [4.78, 5) is 0. The molecule has 0 nitrogen and oxygen atoms in total. The van der Waals surface area contributed by atoms with Crippen molar-refractivity contribution in [1.82, 2.24) is 0 Å². The monoisotopic (exact) mass is 236 g/mol. The molecule has 0 heterocycles. The molecule has 2 heteroatoms. The first-order valence-electron chi connectivity index (χ1n) is 4.71. The van der Waals surface area contributed by atoms with E-state index in [1.165, 1.54) is 0 Å². The number of hydrogen-bond acceptors (Lipinski definition) is 0. The van der Waals surface area contributed by atoms with E-state index in [-0.39, 0.29) is 0 Å². The van der Waals surface area contributed by atoms with Gasteiger partial charge in [0.2, 0.25) is 0 Å². The van der Waals surface area contributed by atoms with Crippen LogP contribution in [0.1, 0.15) is 5.56 Å². The van der Waals surface area contributed by atoms with Crippen molar-refractivity contribution in [3.05, 3.63) is 59.1 Å². The number of rotatable bonds is 2. The van der Waals surface area contributed by atoms with E-state index in [0.717, 1.165) is 21.7 Å². The van der Waals surface area contributed by atoms with Crippen molar-refractivity contribution in [3.63, 3.8) is 0 Å². The lowest BCUT2D eigenvalue weighted by molar-refractivity contribution is 1.40. The molecule has 0 saturated carbocycles. The second-order valence-electron chi connectivity index (χ2n) is 3.31. The summed E-state index contributed by atoms with van der Waals surface area (Å²) >= 11 is 11.9. The lowest BCUT2D eigenvalue weighted by Gasteiger charge is -2.06. The Labute approximate surface area is 99.5 Å². The molecule has 0 aliphatic rings. The van der Waals surface area contributed by atoms with Crippen LogP contribution in [-0.4, -0.2) is 0 Å². The van der Waals surface area contributed by atoms with E-state index in [4.69, 9.17) is 23.2 Å². The first kappa shape index (κ1) is 10.5. The number of alkyl halides is 1. The zero-order chi connectivity index (χ0) is 10.7. The molecule has 0 aromatic heterocycles. The summed E-state index contributed by atoms with van der Waals surface area (Å²) in [5.74, 6) is 0.511. The maximum absolute atomic E-state index is 6.14. The largest absolute Gasteiger partial charge is 0.122 e. The van der Waals surface area contributed by atoms with Gasteiger partial charge in [0.05, 0.1) is 0 Å². The first-order valence-corrected chi connectivity index (χ1v) is 5.62. The minimum absolute atomic E-state index is 0.511. The van der Waals surface area contributed by atoms with Gasteiger partial charge in [-0.25, -0.2) is 0 Å². The Balaban J connectivity index is 2.52. The minimum atomic E-state index is 0.511. The Morgan fingerprint density at radius 1 is 0.933 bits per heavy atom. The summed E-state index contributed by atoms with van der Waals surface area (Å²) in [6.07, 6.45) is 0. The summed E-state index contributed by atoms with van der Waals surface area (Å²) < 4.78 is 0. The van der Waals surface area contributed by atoms with Gasteiger partial charge < -0.3 is 0 Å². The molecule has 0 bridgehead atoms. The third-order valence-electron chi connectivity index (χ3n) is 2.27. The summed E-state index contributed by atoms with van der Waals surface area (Å²) in [7, 11) is 0. The second-order valence-corrected chi connectivity index (χ2v) is 3.99. The molecule has 0 amide bonds. The van der Waals surface area contributed by atoms with Gasteiger partial charge in [0.1, 0.15) is 0 Å². The van der Waals surface area contributed by atoms with Crippen LogP contribution in [0.15, 0.2) is 48.5 Å². The van der Waals surface area contributed by atoms with Gasteiger partial charge in [-0.3, -0.25) is 0 Å². The molecule has 2 aromatic rings. The molecule has 0 aliphatic heterocycles. The van der Waals surface area contributed by atoms with Crippen LogP contribution >= 0.6 is 23.2 Å². The molecule has 0 fully saturated rings. The molecule has 0 spiro atoms. The Kier molecular flexibility index (Phi) is 3.30. The standard InChI is InChI=1S/C13H10Cl2/c14-9-10-6-7-13(15)12(8-10)11-4-2-1-3-5-11/h1-8H,9H2. The van der Waals surface area contributed by atoms with Crippen LogP contribution in [0.3, 0.4) is 0 Å². The van der Waals surface area contributed by atoms with Crippen LogP contribution in [0.25, 0.3) is 11.1 Å². The van der Waals surface area contributed by atoms with Crippen LogP contribution in [0.4, 0.5) is 0 Å². The quantitative estimate of drug-likeness (QED) is 0.661. The van der Waals surface area contributed by atoms with E-state index >= 15 is 0 Å². The molecule has 0 atom stereocenters. The summed E-state index contributed by atoms with van der Waals surface area (Å²) in [6.45, 7) is 0. The predicted octanol–water partition coefficient (Wildman–Crippen LogP) is 4.75. The Bertz CT molecular complexity index is 449. The predicted molar refractivity (Wildman–Crippen MR) is 66.4 cm³/mol. The highest BCUT2D eigenvalue weighted by Crippen LogP contribution is 2.28. The van der Waals surface area contributed by atoms with E-state index in [1.54, 1.807) is 0 Å². The highest BCUT2D eigenvalue weighted by molar-refractivity contribution is 6.33. The third-order valence-corrected chi connectivity index (χ3v) is 2.91. The van der Waals surface area contributed by atoms with E-state index < -0.39 is 0 Å². The van der Waals surface area contributed by atoms with E-state index in [0.29, 0.717) is 5.88 Å². The summed E-state index contributed by atoms with van der Waals surface area (Å²) in [6, 6.07) is 15.9. The fourth-order valence-electron chi connectivity index (χ4n) is 1.49. The normalized spacial score (nSPS) is 10.3. The van der Waals surface area contributed by atoms with E-state index in [9.17, 15) is 0 Å². The van der Waals surface area contributed by atoms with Crippen LogP contribution in [0.5, 0.6) is 0 Å². The maximum atomic E-state index is 6.14. The zero-order valence-corrected chi connectivity index (χ0v) is 9.59. The Hall–Kier alpha value is -0.980. The van der Waals surface area contributed by atoms with Gasteiger partial charge in [0.15, 0.2) is 0 Å². The van der Waals surface area contributed by atoms with Crippen molar-refractivity contribution in [2.24, 2.45) is 0 Å². The molecule has 76 valence electrons. The van der Waals surface area contributed by atoms with Crippen molar-refractivity contribution in [2.45, 2.75) is 5.88 Å². The SMILES string of the molecule is ClCc1ccc(Cl)c(-c2ccccc2)c1. The topological polar surface area (TPSA) is 0 Å².